The zero-order valence-corrected chi connectivity index (χ0v) is 11.7. The van der Waals surface area contributed by atoms with Gasteiger partial charge in [0.1, 0.15) is 11.5 Å². The predicted octanol–water partition coefficient (Wildman–Crippen LogP) is 1.08. The highest BCUT2D eigenvalue weighted by atomic mass is 32.1. The molecule has 1 fully saturated rings. The molecule has 1 aromatic heterocycles. The summed E-state index contributed by atoms with van der Waals surface area (Å²) in [6.45, 7) is 2.56. The number of nitrogens with zero attached hydrogens (tertiary/aromatic N) is 1. The van der Waals surface area contributed by atoms with Crippen molar-refractivity contribution >= 4 is 17.2 Å². The smallest absolute Gasteiger partial charge is 0.265 e. The molecule has 0 bridgehead atoms. The Kier molecular flexibility index (Phi) is 4.25. The molecule has 1 atom stereocenters. The van der Waals surface area contributed by atoms with Crippen LogP contribution in [0.25, 0.3) is 0 Å². The first-order valence-corrected chi connectivity index (χ1v) is 7.10. The lowest BCUT2D eigenvalue weighted by atomic mass is 9.95. The van der Waals surface area contributed by atoms with Gasteiger partial charge in [0.25, 0.3) is 5.91 Å². The van der Waals surface area contributed by atoms with Crippen LogP contribution in [0.2, 0.25) is 0 Å². The Balaban J connectivity index is 2.18. The van der Waals surface area contributed by atoms with E-state index < -0.39 is 5.60 Å². The van der Waals surface area contributed by atoms with E-state index in [2.05, 4.69) is 11.8 Å². The fraction of sp³-hybridized carbons (Fsp3) is 0.500. The van der Waals surface area contributed by atoms with Gasteiger partial charge in [-0.2, -0.15) is 0 Å². The number of aliphatic hydroxyl groups excluding tert-OH is 1. The van der Waals surface area contributed by atoms with Crippen LogP contribution in [0.5, 0.6) is 0 Å². The number of β-amino-alcohol motifs (C(OH)–C–C–N with tert-alkyl or cyclic N) is 1. The van der Waals surface area contributed by atoms with Gasteiger partial charge < -0.3 is 15.1 Å². The van der Waals surface area contributed by atoms with E-state index in [1.807, 2.05) is 5.38 Å². The SMILES string of the molecule is CC1(O)CCCN(C(=O)c2sccc2C#CCO)C1. The summed E-state index contributed by atoms with van der Waals surface area (Å²) in [7, 11) is 0. The summed E-state index contributed by atoms with van der Waals surface area (Å²) < 4.78 is 0. The van der Waals surface area contributed by atoms with E-state index in [0.717, 1.165) is 12.8 Å². The summed E-state index contributed by atoms with van der Waals surface area (Å²) in [6, 6.07) is 1.78. The Morgan fingerprint density at radius 2 is 2.42 bits per heavy atom. The number of aliphatic hydroxyl groups is 2. The monoisotopic (exact) mass is 279 g/mol. The molecular weight excluding hydrogens is 262 g/mol. The summed E-state index contributed by atoms with van der Waals surface area (Å²) in [6.07, 6.45) is 1.53. The molecule has 0 aromatic carbocycles. The molecular formula is C14H17NO3S. The van der Waals surface area contributed by atoms with Gasteiger partial charge in [-0.3, -0.25) is 4.79 Å². The van der Waals surface area contributed by atoms with Crippen molar-refractivity contribution in [2.24, 2.45) is 0 Å². The topological polar surface area (TPSA) is 60.8 Å². The molecule has 102 valence electrons. The normalized spacial score (nSPS) is 22.8. The van der Waals surface area contributed by atoms with Crippen molar-refractivity contribution in [3.05, 3.63) is 21.9 Å². The van der Waals surface area contributed by atoms with Crippen LogP contribution in [0.4, 0.5) is 0 Å². The fourth-order valence-corrected chi connectivity index (χ4v) is 3.06. The molecule has 2 heterocycles. The lowest BCUT2D eigenvalue weighted by molar-refractivity contribution is -0.0105. The van der Waals surface area contributed by atoms with E-state index in [-0.39, 0.29) is 12.5 Å². The molecule has 0 aliphatic carbocycles. The number of likely N-dealkylation sites (tertiary alicyclic amines) is 1. The summed E-state index contributed by atoms with van der Waals surface area (Å²) >= 11 is 1.34. The molecule has 1 aromatic rings. The number of thiophene rings is 1. The van der Waals surface area contributed by atoms with Crippen LogP contribution in [0.3, 0.4) is 0 Å². The van der Waals surface area contributed by atoms with Crippen LogP contribution in [-0.2, 0) is 0 Å². The largest absolute Gasteiger partial charge is 0.388 e. The standard InChI is InChI=1S/C14H17NO3S/c1-14(18)6-3-7-15(10-14)13(17)12-11(4-2-8-16)5-9-19-12/h5,9,16,18H,3,6-8,10H2,1H3. The second-order valence-corrected chi connectivity index (χ2v) is 5.87. The summed E-state index contributed by atoms with van der Waals surface area (Å²) in [5, 5.41) is 20.6. The summed E-state index contributed by atoms with van der Waals surface area (Å²) in [5.74, 6) is 5.26. The first kappa shape index (κ1) is 14.1. The van der Waals surface area contributed by atoms with Crippen molar-refractivity contribution in [3.63, 3.8) is 0 Å². The van der Waals surface area contributed by atoms with Crippen LogP contribution < -0.4 is 0 Å². The van der Waals surface area contributed by atoms with Gasteiger partial charge in [-0.15, -0.1) is 11.3 Å². The van der Waals surface area contributed by atoms with Gasteiger partial charge in [0.15, 0.2) is 0 Å². The first-order valence-electron chi connectivity index (χ1n) is 6.22. The molecule has 1 saturated heterocycles. The zero-order valence-electron chi connectivity index (χ0n) is 10.8. The number of carbonyl (C=O) groups excluding carboxylic acids is 1. The van der Waals surface area contributed by atoms with Gasteiger partial charge >= 0.3 is 0 Å². The highest BCUT2D eigenvalue weighted by Gasteiger charge is 2.32. The van der Waals surface area contributed by atoms with Gasteiger partial charge in [-0.05, 0) is 31.2 Å². The Bertz CT molecular complexity index is 524. The minimum atomic E-state index is -0.803. The lowest BCUT2D eigenvalue weighted by Crippen LogP contribution is -2.48. The van der Waals surface area contributed by atoms with Crippen molar-refractivity contribution in [3.8, 4) is 11.8 Å². The number of amides is 1. The Morgan fingerprint density at radius 3 is 3.11 bits per heavy atom. The van der Waals surface area contributed by atoms with E-state index in [1.165, 1.54) is 11.3 Å². The molecule has 19 heavy (non-hydrogen) atoms. The molecule has 2 rings (SSSR count). The minimum Gasteiger partial charge on any atom is -0.388 e. The van der Waals surface area contributed by atoms with Crippen molar-refractivity contribution in [2.75, 3.05) is 19.7 Å². The third-order valence-corrected chi connectivity index (χ3v) is 4.03. The molecule has 4 nitrogen and oxygen atoms in total. The van der Waals surface area contributed by atoms with E-state index in [0.29, 0.717) is 23.5 Å². The molecule has 1 aliphatic heterocycles. The number of piperidine rings is 1. The van der Waals surface area contributed by atoms with Crippen molar-refractivity contribution < 1.29 is 15.0 Å². The quantitative estimate of drug-likeness (QED) is 0.756. The zero-order chi connectivity index (χ0) is 13.9. The average Bonchev–Trinajstić information content (AvgIpc) is 2.82. The fourth-order valence-electron chi connectivity index (χ4n) is 2.25. The Morgan fingerprint density at radius 1 is 1.63 bits per heavy atom. The van der Waals surface area contributed by atoms with E-state index in [1.54, 1.807) is 17.9 Å². The first-order chi connectivity index (χ1) is 9.03. The summed E-state index contributed by atoms with van der Waals surface area (Å²) in [5.41, 5.74) is -0.156. The van der Waals surface area contributed by atoms with Gasteiger partial charge in [0, 0.05) is 18.7 Å². The molecule has 1 aliphatic rings. The maximum absolute atomic E-state index is 12.4. The number of hydrogen-bond donors (Lipinski definition) is 2. The highest BCUT2D eigenvalue weighted by Crippen LogP contribution is 2.24. The second kappa shape index (κ2) is 5.74. The highest BCUT2D eigenvalue weighted by molar-refractivity contribution is 7.12. The van der Waals surface area contributed by atoms with Gasteiger partial charge in [0.05, 0.1) is 5.60 Å². The molecule has 5 heteroatoms. The van der Waals surface area contributed by atoms with Gasteiger partial charge in [0.2, 0.25) is 0 Å². The van der Waals surface area contributed by atoms with Gasteiger partial charge in [-0.25, -0.2) is 0 Å². The lowest BCUT2D eigenvalue weighted by Gasteiger charge is -2.36. The van der Waals surface area contributed by atoms with Crippen LogP contribution in [-0.4, -0.2) is 46.3 Å². The molecule has 1 unspecified atom stereocenters. The maximum atomic E-state index is 12.4. The number of rotatable bonds is 1. The van der Waals surface area contributed by atoms with Crippen LogP contribution >= 0.6 is 11.3 Å². The van der Waals surface area contributed by atoms with E-state index in [9.17, 15) is 9.90 Å². The van der Waals surface area contributed by atoms with Crippen molar-refractivity contribution in [1.29, 1.82) is 0 Å². The summed E-state index contributed by atoms with van der Waals surface area (Å²) in [4.78, 5) is 14.7. The molecule has 0 spiro atoms. The van der Waals surface area contributed by atoms with Crippen LogP contribution in [0.1, 0.15) is 35.0 Å². The number of carbonyl (C=O) groups is 1. The average molecular weight is 279 g/mol. The van der Waals surface area contributed by atoms with E-state index in [4.69, 9.17) is 5.11 Å². The van der Waals surface area contributed by atoms with Crippen LogP contribution in [0.15, 0.2) is 11.4 Å². The van der Waals surface area contributed by atoms with Crippen molar-refractivity contribution in [2.45, 2.75) is 25.4 Å². The maximum Gasteiger partial charge on any atom is 0.265 e. The van der Waals surface area contributed by atoms with Gasteiger partial charge in [-0.1, -0.05) is 11.8 Å². The minimum absolute atomic E-state index is 0.0859. The molecule has 2 N–H and O–H groups in total. The third kappa shape index (κ3) is 3.35. The molecule has 1 amide bonds. The number of hydrogen-bond acceptors (Lipinski definition) is 4. The molecule has 0 saturated carbocycles. The molecule has 0 radical (unpaired) electrons. The van der Waals surface area contributed by atoms with Crippen molar-refractivity contribution in [1.82, 2.24) is 4.90 Å². The third-order valence-electron chi connectivity index (χ3n) is 3.12. The predicted molar refractivity (Wildman–Crippen MR) is 74.0 cm³/mol. The Labute approximate surface area is 116 Å². The second-order valence-electron chi connectivity index (χ2n) is 4.95. The Hall–Kier alpha value is -1.35. The van der Waals surface area contributed by atoms with E-state index >= 15 is 0 Å². The van der Waals surface area contributed by atoms with Crippen LogP contribution in [0, 0.1) is 11.8 Å².